The molecule has 0 amide bonds. The number of fused-ring (bicyclic) bond motifs is 2. The first-order valence-corrected chi connectivity index (χ1v) is 8.49. The van der Waals surface area contributed by atoms with Crippen molar-refractivity contribution >= 4 is 32.4 Å². The van der Waals surface area contributed by atoms with Crippen molar-refractivity contribution in [1.82, 2.24) is 4.98 Å². The molecule has 0 fully saturated rings. The minimum absolute atomic E-state index is 0.0540. The number of rotatable bonds is 2. The summed E-state index contributed by atoms with van der Waals surface area (Å²) < 4.78 is 32.3. The van der Waals surface area contributed by atoms with E-state index in [1.807, 2.05) is 0 Å². The zero-order valence-corrected chi connectivity index (χ0v) is 12.9. The van der Waals surface area contributed by atoms with Crippen molar-refractivity contribution in [2.45, 2.75) is 11.0 Å². The van der Waals surface area contributed by atoms with Crippen LogP contribution >= 0.6 is 0 Å². The molecule has 3 aromatic rings. The molecule has 24 heavy (non-hydrogen) atoms. The van der Waals surface area contributed by atoms with Gasteiger partial charge in [-0.1, -0.05) is 30.3 Å². The van der Waals surface area contributed by atoms with E-state index < -0.39 is 16.2 Å². The average Bonchev–Trinajstić information content (AvgIpc) is 3.03. The molecule has 2 heterocycles. The molecule has 1 aromatic heterocycles. The van der Waals surface area contributed by atoms with Crippen molar-refractivity contribution in [2.24, 2.45) is 4.99 Å². The third kappa shape index (κ3) is 2.04. The van der Waals surface area contributed by atoms with Crippen molar-refractivity contribution in [1.29, 1.82) is 0 Å². The Morgan fingerprint density at radius 2 is 1.83 bits per heavy atom. The number of nitrogens with one attached hydrogen (secondary N) is 1. The van der Waals surface area contributed by atoms with Crippen LogP contribution in [0.1, 0.15) is 17.2 Å². The Labute approximate surface area is 136 Å². The lowest BCUT2D eigenvalue weighted by Crippen LogP contribution is -2.08. The quantitative estimate of drug-likeness (QED) is 0.531. The first-order valence-electron chi connectivity index (χ1n) is 7.05. The highest BCUT2D eigenvalue weighted by molar-refractivity contribution is 7.86. The Kier molecular flexibility index (Phi) is 3.04. The summed E-state index contributed by atoms with van der Waals surface area (Å²) in [6, 6.07) is 11.3. The van der Waals surface area contributed by atoms with E-state index in [0.717, 1.165) is 0 Å². The number of hydrogen-bond acceptors (Lipinski definition) is 5. The number of nitrogens with zero attached hydrogens (tertiary/aromatic N) is 1. The fraction of sp³-hybridized carbons (Fsp3) is 0.0625. The first-order chi connectivity index (χ1) is 11.4. The van der Waals surface area contributed by atoms with Crippen LogP contribution < -0.4 is 0 Å². The van der Waals surface area contributed by atoms with Gasteiger partial charge in [0.1, 0.15) is 11.0 Å². The van der Waals surface area contributed by atoms with Crippen LogP contribution in [0.25, 0.3) is 10.9 Å². The smallest absolute Gasteiger partial charge is 0.296 e. The normalized spacial score (nSPS) is 17.1. The maximum atomic E-state index is 11.5. The van der Waals surface area contributed by atoms with Gasteiger partial charge in [0.25, 0.3) is 10.1 Å². The Morgan fingerprint density at radius 3 is 2.54 bits per heavy atom. The molecule has 0 saturated heterocycles. The summed E-state index contributed by atoms with van der Waals surface area (Å²) in [6.45, 7) is 0. The Balaban J connectivity index is 1.99. The molecule has 0 radical (unpaired) electrons. The van der Waals surface area contributed by atoms with E-state index in [4.69, 9.17) is 0 Å². The van der Waals surface area contributed by atoms with Gasteiger partial charge < -0.3 is 15.2 Å². The van der Waals surface area contributed by atoms with Gasteiger partial charge in [0.05, 0.1) is 22.5 Å². The van der Waals surface area contributed by atoms with Crippen LogP contribution in [0.5, 0.6) is 5.88 Å². The largest absolute Gasteiger partial charge is 0.494 e. The summed E-state index contributed by atoms with van der Waals surface area (Å²) in [7, 11) is -4.47. The topological polar surface area (TPSA) is 123 Å². The van der Waals surface area contributed by atoms with Gasteiger partial charge in [-0.15, -0.1) is 0 Å². The van der Waals surface area contributed by atoms with Crippen molar-refractivity contribution in [3.8, 4) is 5.88 Å². The molecule has 0 aliphatic carbocycles. The summed E-state index contributed by atoms with van der Waals surface area (Å²) in [5, 5.41) is 21.1. The predicted octanol–water partition coefficient (Wildman–Crippen LogP) is 2.29. The molecule has 2 aromatic carbocycles. The molecule has 1 aliphatic rings. The highest BCUT2D eigenvalue weighted by Crippen LogP contribution is 2.41. The molecule has 4 N–H and O–H groups in total. The van der Waals surface area contributed by atoms with Gasteiger partial charge >= 0.3 is 0 Å². The third-order valence-electron chi connectivity index (χ3n) is 4.04. The highest BCUT2D eigenvalue weighted by atomic mass is 32.2. The first kappa shape index (κ1) is 14.9. The van der Waals surface area contributed by atoms with Gasteiger partial charge in [-0.25, -0.2) is 4.99 Å². The summed E-state index contributed by atoms with van der Waals surface area (Å²) in [5.74, 6) is -0.327. The molecular formula is C16H12N2O5S. The number of para-hydroxylation sites is 2. The van der Waals surface area contributed by atoms with E-state index in [1.54, 1.807) is 30.3 Å². The summed E-state index contributed by atoms with van der Waals surface area (Å²) >= 11 is 0. The zero-order valence-electron chi connectivity index (χ0n) is 12.1. The Hall–Kier alpha value is -2.68. The van der Waals surface area contributed by atoms with Crippen molar-refractivity contribution in [2.75, 3.05) is 0 Å². The van der Waals surface area contributed by atoms with Gasteiger partial charge in [-0.2, -0.15) is 8.42 Å². The maximum Gasteiger partial charge on any atom is 0.296 e. The summed E-state index contributed by atoms with van der Waals surface area (Å²) in [4.78, 5) is 6.55. The number of aliphatic imine (C=N–C) groups is 1. The second-order valence-corrected chi connectivity index (χ2v) is 6.85. The molecule has 1 aliphatic heterocycles. The molecule has 8 heteroatoms. The zero-order chi connectivity index (χ0) is 17.1. The van der Waals surface area contributed by atoms with Crippen LogP contribution in [0.3, 0.4) is 0 Å². The molecule has 7 nitrogen and oxygen atoms in total. The monoisotopic (exact) mass is 344 g/mol. The van der Waals surface area contributed by atoms with E-state index in [1.165, 1.54) is 12.1 Å². The van der Waals surface area contributed by atoms with Gasteiger partial charge in [0.2, 0.25) is 0 Å². The molecule has 0 saturated carbocycles. The number of hydrogen-bond donors (Lipinski definition) is 4. The van der Waals surface area contributed by atoms with E-state index in [2.05, 4.69) is 9.98 Å². The average molecular weight is 344 g/mol. The standard InChI is InChI=1S/C16H12N2O5S/c19-15-8-4-1-2-6-10(8)17-14(15)12-9-5-3-7-11(24(21,22)23)13(9)18-16(12)20/h1-7,15,18-20H,(H,21,22,23). The molecule has 4 rings (SSSR count). The molecule has 1 atom stereocenters. The van der Waals surface area contributed by atoms with Crippen LogP contribution in [0, 0.1) is 0 Å². The Morgan fingerprint density at radius 1 is 1.08 bits per heavy atom. The lowest BCUT2D eigenvalue weighted by atomic mass is 10.0. The highest BCUT2D eigenvalue weighted by Gasteiger charge is 2.31. The SMILES string of the molecule is O=S(=O)(O)c1cccc2c(C3=Nc4ccccc4C3O)c(O)[nH]c12. The molecule has 122 valence electrons. The van der Waals surface area contributed by atoms with E-state index in [9.17, 15) is 23.2 Å². The lowest BCUT2D eigenvalue weighted by molar-refractivity contribution is 0.252. The van der Waals surface area contributed by atoms with Crippen molar-refractivity contribution in [3.05, 3.63) is 53.6 Å². The lowest BCUT2D eigenvalue weighted by Gasteiger charge is -2.07. The fourth-order valence-corrected chi connectivity index (χ4v) is 3.67. The predicted molar refractivity (Wildman–Crippen MR) is 87.4 cm³/mol. The van der Waals surface area contributed by atoms with Crippen LogP contribution in [0.15, 0.2) is 52.4 Å². The molecule has 1 unspecified atom stereocenters. The summed E-state index contributed by atoms with van der Waals surface area (Å²) in [6.07, 6.45) is -1.04. The molecule has 0 spiro atoms. The molecule has 0 bridgehead atoms. The van der Waals surface area contributed by atoms with Crippen LogP contribution in [-0.2, 0) is 10.1 Å². The number of benzene rings is 2. The Bertz CT molecular complexity index is 1110. The van der Waals surface area contributed by atoms with Crippen LogP contribution in [0.4, 0.5) is 5.69 Å². The number of H-pyrrole nitrogens is 1. The summed E-state index contributed by atoms with van der Waals surface area (Å²) in [5.41, 5.74) is 1.66. The number of aliphatic hydroxyl groups is 1. The van der Waals surface area contributed by atoms with E-state index in [0.29, 0.717) is 16.6 Å². The maximum absolute atomic E-state index is 11.5. The fourth-order valence-electron chi connectivity index (χ4n) is 3.00. The van der Waals surface area contributed by atoms with E-state index in [-0.39, 0.29) is 27.6 Å². The van der Waals surface area contributed by atoms with Gasteiger partial charge in [0.15, 0.2) is 5.88 Å². The van der Waals surface area contributed by atoms with Gasteiger partial charge in [-0.3, -0.25) is 4.55 Å². The number of aromatic nitrogens is 1. The number of aliphatic hydroxyl groups excluding tert-OH is 1. The van der Waals surface area contributed by atoms with Crippen molar-refractivity contribution in [3.63, 3.8) is 0 Å². The number of aromatic hydroxyl groups is 1. The van der Waals surface area contributed by atoms with Gasteiger partial charge in [0, 0.05) is 10.9 Å². The molecular weight excluding hydrogens is 332 g/mol. The third-order valence-corrected chi connectivity index (χ3v) is 4.94. The van der Waals surface area contributed by atoms with E-state index >= 15 is 0 Å². The van der Waals surface area contributed by atoms with Crippen LogP contribution in [0.2, 0.25) is 0 Å². The number of aromatic amines is 1. The second-order valence-electron chi connectivity index (χ2n) is 5.46. The minimum Gasteiger partial charge on any atom is -0.494 e. The van der Waals surface area contributed by atoms with Crippen LogP contribution in [-0.4, -0.2) is 33.9 Å². The minimum atomic E-state index is -4.47. The van der Waals surface area contributed by atoms with Crippen molar-refractivity contribution < 1.29 is 23.2 Å². The van der Waals surface area contributed by atoms with Gasteiger partial charge in [-0.05, 0) is 12.1 Å². The second kappa shape index (κ2) is 4.91.